The Labute approximate surface area is 172 Å². The van der Waals surface area contributed by atoms with Gasteiger partial charge in [0.15, 0.2) is 0 Å². The van der Waals surface area contributed by atoms with Crippen LogP contribution in [0, 0.1) is 5.92 Å². The second-order valence-electron chi connectivity index (χ2n) is 8.41. The highest BCUT2D eigenvalue weighted by Crippen LogP contribution is 2.26. The van der Waals surface area contributed by atoms with Gasteiger partial charge in [-0.05, 0) is 31.0 Å². The summed E-state index contributed by atoms with van der Waals surface area (Å²) in [7, 11) is 2.03. The van der Waals surface area contributed by atoms with Crippen LogP contribution in [0.2, 0.25) is 0 Å². The first kappa shape index (κ1) is 19.9. The smallest absolute Gasteiger partial charge is 0.225 e. The fraction of sp³-hybridized carbons (Fsp3) is 0.591. The molecule has 2 fully saturated rings. The van der Waals surface area contributed by atoms with Crippen LogP contribution >= 0.6 is 0 Å². The van der Waals surface area contributed by atoms with Crippen molar-refractivity contribution in [3.8, 4) is 0 Å². The van der Waals surface area contributed by atoms with Crippen molar-refractivity contribution >= 4 is 28.5 Å². The third-order valence-electron chi connectivity index (χ3n) is 6.30. The Hall–Kier alpha value is -2.41. The summed E-state index contributed by atoms with van der Waals surface area (Å²) in [5.41, 5.74) is 2.71. The van der Waals surface area contributed by atoms with E-state index in [-0.39, 0.29) is 11.8 Å². The number of fused-ring (bicyclic) bond motifs is 1. The number of aromatic nitrogens is 2. The molecule has 1 N–H and O–H groups in total. The first-order chi connectivity index (χ1) is 14.0. The quantitative estimate of drug-likeness (QED) is 0.861. The van der Waals surface area contributed by atoms with Crippen molar-refractivity contribution in [3.63, 3.8) is 0 Å². The summed E-state index contributed by atoms with van der Waals surface area (Å²) in [6.45, 7) is 5.67. The SMILES string of the molecule is CC(=O)Nc1ccc2c(c1)nc(CN1CCN(C(=O)C3CCCCC3)CC1)n2C. The van der Waals surface area contributed by atoms with Gasteiger partial charge in [-0.25, -0.2) is 4.98 Å². The summed E-state index contributed by atoms with van der Waals surface area (Å²) < 4.78 is 2.12. The average Bonchev–Trinajstić information content (AvgIpc) is 3.03. The van der Waals surface area contributed by atoms with Gasteiger partial charge in [-0.2, -0.15) is 0 Å². The molecule has 1 aliphatic heterocycles. The van der Waals surface area contributed by atoms with Gasteiger partial charge < -0.3 is 14.8 Å². The van der Waals surface area contributed by atoms with Crippen molar-refractivity contribution in [2.45, 2.75) is 45.6 Å². The molecule has 1 saturated carbocycles. The molecule has 0 spiro atoms. The van der Waals surface area contributed by atoms with Gasteiger partial charge in [0.05, 0.1) is 17.6 Å². The van der Waals surface area contributed by atoms with Crippen molar-refractivity contribution < 1.29 is 9.59 Å². The maximum Gasteiger partial charge on any atom is 0.225 e. The van der Waals surface area contributed by atoms with Crippen molar-refractivity contribution in [3.05, 3.63) is 24.0 Å². The summed E-state index contributed by atoms with van der Waals surface area (Å²) in [5, 5.41) is 2.81. The molecule has 1 aliphatic carbocycles. The minimum atomic E-state index is -0.0823. The van der Waals surface area contributed by atoms with Crippen LogP contribution in [0.5, 0.6) is 0 Å². The molecule has 7 nitrogen and oxygen atoms in total. The number of anilines is 1. The average molecular weight is 398 g/mol. The van der Waals surface area contributed by atoms with Crippen LogP contribution in [0.15, 0.2) is 18.2 Å². The molecule has 1 saturated heterocycles. The van der Waals surface area contributed by atoms with E-state index in [9.17, 15) is 9.59 Å². The van der Waals surface area contributed by atoms with Crippen molar-refractivity contribution in [1.82, 2.24) is 19.4 Å². The van der Waals surface area contributed by atoms with E-state index in [2.05, 4.69) is 19.7 Å². The standard InChI is InChI=1S/C22H31N5O2/c1-16(28)23-18-8-9-20-19(14-18)24-21(25(20)2)15-26-10-12-27(13-11-26)22(29)17-6-4-3-5-7-17/h8-9,14,17H,3-7,10-13,15H2,1-2H3,(H,23,28). The predicted molar refractivity (Wildman–Crippen MR) is 113 cm³/mol. The molecule has 0 unspecified atom stereocenters. The molecule has 0 bridgehead atoms. The number of carbonyl (C=O) groups excluding carboxylic acids is 2. The Morgan fingerprint density at radius 1 is 1.10 bits per heavy atom. The van der Waals surface area contributed by atoms with E-state index in [0.29, 0.717) is 5.91 Å². The van der Waals surface area contributed by atoms with Crippen LogP contribution in [0.4, 0.5) is 5.69 Å². The Morgan fingerprint density at radius 3 is 2.52 bits per heavy atom. The zero-order chi connectivity index (χ0) is 20.4. The van der Waals surface area contributed by atoms with E-state index in [1.54, 1.807) is 0 Å². The molecule has 29 heavy (non-hydrogen) atoms. The number of nitrogens with one attached hydrogen (secondary N) is 1. The molecule has 2 aromatic rings. The zero-order valence-corrected chi connectivity index (χ0v) is 17.5. The second-order valence-corrected chi connectivity index (χ2v) is 8.41. The van der Waals surface area contributed by atoms with E-state index < -0.39 is 0 Å². The number of carbonyl (C=O) groups is 2. The topological polar surface area (TPSA) is 70.5 Å². The number of hydrogen-bond donors (Lipinski definition) is 1. The van der Waals surface area contributed by atoms with Gasteiger partial charge in [0.25, 0.3) is 0 Å². The molecule has 0 atom stereocenters. The number of aryl methyl sites for hydroxylation is 1. The lowest BCUT2D eigenvalue weighted by molar-refractivity contribution is -0.138. The third-order valence-corrected chi connectivity index (χ3v) is 6.30. The van der Waals surface area contributed by atoms with Gasteiger partial charge in [-0.3, -0.25) is 14.5 Å². The number of piperazine rings is 1. The Morgan fingerprint density at radius 2 is 1.83 bits per heavy atom. The van der Waals surface area contributed by atoms with E-state index in [1.807, 2.05) is 25.2 Å². The number of hydrogen-bond acceptors (Lipinski definition) is 4. The maximum absolute atomic E-state index is 12.8. The lowest BCUT2D eigenvalue weighted by atomic mass is 9.88. The van der Waals surface area contributed by atoms with Crippen LogP contribution in [-0.2, 0) is 23.2 Å². The molecule has 1 aromatic carbocycles. The lowest BCUT2D eigenvalue weighted by Crippen LogP contribution is -2.50. The fourth-order valence-corrected chi connectivity index (χ4v) is 4.61. The van der Waals surface area contributed by atoms with Gasteiger partial charge >= 0.3 is 0 Å². The number of rotatable bonds is 4. The summed E-state index contributed by atoms with van der Waals surface area (Å²) in [4.78, 5) is 33.3. The van der Waals surface area contributed by atoms with Crippen LogP contribution in [0.25, 0.3) is 11.0 Å². The zero-order valence-electron chi connectivity index (χ0n) is 17.5. The van der Waals surface area contributed by atoms with Gasteiger partial charge in [0, 0.05) is 51.8 Å². The summed E-state index contributed by atoms with van der Waals surface area (Å²) in [5.74, 6) is 1.55. The third kappa shape index (κ3) is 4.45. The molecular weight excluding hydrogens is 366 g/mol. The van der Waals surface area contributed by atoms with E-state index in [0.717, 1.165) is 68.1 Å². The van der Waals surface area contributed by atoms with Crippen LogP contribution in [-0.4, -0.2) is 57.3 Å². The minimum absolute atomic E-state index is 0.0823. The normalized spacial score (nSPS) is 18.9. The lowest BCUT2D eigenvalue weighted by Gasteiger charge is -2.37. The highest BCUT2D eigenvalue weighted by molar-refractivity contribution is 5.91. The van der Waals surface area contributed by atoms with E-state index in [4.69, 9.17) is 4.98 Å². The minimum Gasteiger partial charge on any atom is -0.340 e. The summed E-state index contributed by atoms with van der Waals surface area (Å²) >= 11 is 0. The number of nitrogens with zero attached hydrogens (tertiary/aromatic N) is 4. The van der Waals surface area contributed by atoms with Crippen molar-refractivity contribution in [2.75, 3.05) is 31.5 Å². The molecule has 2 heterocycles. The first-order valence-corrected chi connectivity index (χ1v) is 10.8. The summed E-state index contributed by atoms with van der Waals surface area (Å²) in [6.07, 6.45) is 5.82. The van der Waals surface area contributed by atoms with Gasteiger partial charge in [0.2, 0.25) is 11.8 Å². The largest absolute Gasteiger partial charge is 0.340 e. The number of imidazole rings is 1. The molecule has 0 radical (unpaired) electrons. The van der Waals surface area contributed by atoms with Crippen molar-refractivity contribution in [2.24, 2.45) is 13.0 Å². The number of benzene rings is 1. The molecule has 4 rings (SSSR count). The highest BCUT2D eigenvalue weighted by atomic mass is 16.2. The molecule has 2 amide bonds. The molecule has 1 aromatic heterocycles. The van der Waals surface area contributed by atoms with Crippen molar-refractivity contribution in [1.29, 1.82) is 0 Å². The molecular formula is C22H31N5O2. The first-order valence-electron chi connectivity index (χ1n) is 10.8. The van der Waals surface area contributed by atoms with Crippen LogP contribution < -0.4 is 5.32 Å². The predicted octanol–water partition coefficient (Wildman–Crippen LogP) is 2.76. The van der Waals surface area contributed by atoms with Crippen LogP contribution in [0.1, 0.15) is 44.9 Å². The van der Waals surface area contributed by atoms with E-state index >= 15 is 0 Å². The van der Waals surface area contributed by atoms with Crippen LogP contribution in [0.3, 0.4) is 0 Å². The molecule has 2 aliphatic rings. The Balaban J connectivity index is 1.37. The monoisotopic (exact) mass is 397 g/mol. The van der Waals surface area contributed by atoms with E-state index in [1.165, 1.54) is 26.2 Å². The summed E-state index contributed by atoms with van der Waals surface area (Å²) in [6, 6.07) is 5.82. The fourth-order valence-electron chi connectivity index (χ4n) is 4.61. The van der Waals surface area contributed by atoms with Gasteiger partial charge in [-0.15, -0.1) is 0 Å². The maximum atomic E-state index is 12.8. The highest BCUT2D eigenvalue weighted by Gasteiger charge is 2.28. The Kier molecular flexibility index (Phi) is 5.85. The second kappa shape index (κ2) is 8.53. The molecule has 156 valence electrons. The van der Waals surface area contributed by atoms with Gasteiger partial charge in [-0.1, -0.05) is 19.3 Å². The van der Waals surface area contributed by atoms with Gasteiger partial charge in [0.1, 0.15) is 5.82 Å². The number of amides is 2. The molecule has 7 heteroatoms. The Bertz CT molecular complexity index is 892.